The predicted molar refractivity (Wildman–Crippen MR) is 77.5 cm³/mol. The molecule has 8 nitrogen and oxygen atoms in total. The number of aromatic nitrogens is 1. The number of rotatable bonds is 4. The molecule has 9 heteroatoms. The van der Waals surface area contributed by atoms with E-state index in [2.05, 4.69) is 20.9 Å². The number of carbonyl (C=O) groups is 1. The van der Waals surface area contributed by atoms with Gasteiger partial charge in [0.05, 0.1) is 35.1 Å². The first kappa shape index (κ1) is 15.6. The molecule has 1 aliphatic heterocycles. The zero-order chi connectivity index (χ0) is 15.6. The van der Waals surface area contributed by atoms with E-state index in [1.54, 1.807) is 6.92 Å². The molecule has 1 atom stereocenters. The first-order valence-electron chi connectivity index (χ1n) is 6.27. The van der Waals surface area contributed by atoms with Gasteiger partial charge in [-0.25, -0.2) is 4.98 Å². The molecule has 1 saturated heterocycles. The van der Waals surface area contributed by atoms with Gasteiger partial charge in [-0.1, -0.05) is 0 Å². The Kier molecular flexibility index (Phi) is 4.73. The number of hydrogen-bond acceptors (Lipinski definition) is 6. The Balaban J connectivity index is 2.37. The van der Waals surface area contributed by atoms with Crippen LogP contribution in [-0.2, 0) is 9.53 Å². The van der Waals surface area contributed by atoms with Gasteiger partial charge in [-0.2, -0.15) is 0 Å². The third-order valence-corrected chi connectivity index (χ3v) is 4.27. The second-order valence-electron chi connectivity index (χ2n) is 4.68. The smallest absolute Gasteiger partial charge is 0.305 e. The van der Waals surface area contributed by atoms with Crippen molar-refractivity contribution in [3.63, 3.8) is 0 Å². The molecule has 0 spiro atoms. The first-order chi connectivity index (χ1) is 9.91. The van der Waals surface area contributed by atoms with Crippen molar-refractivity contribution in [3.8, 4) is 0 Å². The van der Waals surface area contributed by atoms with Gasteiger partial charge < -0.3 is 14.7 Å². The number of morpholine rings is 1. The number of pyridine rings is 1. The first-order valence-corrected chi connectivity index (χ1v) is 7.06. The maximum Gasteiger partial charge on any atom is 0.305 e. The molecule has 2 rings (SSSR count). The van der Waals surface area contributed by atoms with Crippen molar-refractivity contribution in [3.05, 3.63) is 26.3 Å². The summed E-state index contributed by atoms with van der Waals surface area (Å²) in [6, 6.07) is -0.346. The molecule has 1 N–H and O–H groups in total. The lowest BCUT2D eigenvalue weighted by atomic mass is 10.1. The number of carboxylic acid groups (broad SMARTS) is 1. The lowest BCUT2D eigenvalue weighted by Gasteiger charge is -2.36. The fourth-order valence-corrected chi connectivity index (χ4v) is 2.78. The summed E-state index contributed by atoms with van der Waals surface area (Å²) < 4.78 is 5.82. The quantitative estimate of drug-likeness (QED) is 0.644. The summed E-state index contributed by atoms with van der Waals surface area (Å²) in [5.74, 6) is -0.419. The van der Waals surface area contributed by atoms with Crippen LogP contribution in [0.3, 0.4) is 0 Å². The maximum absolute atomic E-state index is 10.9. The molecule has 1 aliphatic rings. The van der Waals surface area contributed by atoms with Gasteiger partial charge in [-0.3, -0.25) is 14.9 Å². The molecule has 0 aromatic carbocycles. The van der Waals surface area contributed by atoms with Gasteiger partial charge in [-0.15, -0.1) is 0 Å². The number of ether oxygens (including phenoxy) is 1. The average Bonchev–Trinajstić information content (AvgIpc) is 2.42. The highest BCUT2D eigenvalue weighted by molar-refractivity contribution is 9.10. The number of anilines is 1. The van der Waals surface area contributed by atoms with E-state index in [4.69, 9.17) is 9.84 Å². The molecule has 0 amide bonds. The van der Waals surface area contributed by atoms with Crippen molar-refractivity contribution in [2.24, 2.45) is 0 Å². The highest BCUT2D eigenvalue weighted by Crippen LogP contribution is 2.34. The number of halogens is 1. The van der Waals surface area contributed by atoms with E-state index in [0.29, 0.717) is 29.0 Å². The topological polar surface area (TPSA) is 106 Å². The van der Waals surface area contributed by atoms with Gasteiger partial charge in [0.25, 0.3) is 5.69 Å². The number of nitro groups is 1. The lowest BCUT2D eigenvalue weighted by molar-refractivity contribution is -0.385. The highest BCUT2D eigenvalue weighted by atomic mass is 79.9. The zero-order valence-electron chi connectivity index (χ0n) is 11.3. The third-order valence-electron chi connectivity index (χ3n) is 3.33. The van der Waals surface area contributed by atoms with Crippen molar-refractivity contribution >= 4 is 33.4 Å². The summed E-state index contributed by atoms with van der Waals surface area (Å²) in [6.07, 6.45) is 1.12. The van der Waals surface area contributed by atoms with Gasteiger partial charge >= 0.3 is 5.97 Å². The Hall–Kier alpha value is -1.74. The summed E-state index contributed by atoms with van der Waals surface area (Å²) >= 11 is 3.33. The number of hydrogen-bond donors (Lipinski definition) is 1. The third kappa shape index (κ3) is 3.30. The largest absolute Gasteiger partial charge is 0.481 e. The van der Waals surface area contributed by atoms with Gasteiger partial charge in [0.15, 0.2) is 0 Å². The van der Waals surface area contributed by atoms with Crippen LogP contribution in [0.1, 0.15) is 12.0 Å². The maximum atomic E-state index is 10.9. The number of nitrogens with zero attached hydrogens (tertiary/aromatic N) is 3. The Bertz CT molecular complexity index is 580. The van der Waals surface area contributed by atoms with E-state index >= 15 is 0 Å². The molecule has 114 valence electrons. The van der Waals surface area contributed by atoms with E-state index < -0.39 is 10.9 Å². The molecule has 1 aromatic rings. The van der Waals surface area contributed by atoms with Crippen LogP contribution in [0, 0.1) is 17.0 Å². The van der Waals surface area contributed by atoms with Gasteiger partial charge in [0.1, 0.15) is 12.0 Å². The van der Waals surface area contributed by atoms with Crippen molar-refractivity contribution in [2.75, 3.05) is 24.7 Å². The van der Waals surface area contributed by atoms with E-state index in [9.17, 15) is 14.9 Å². The lowest BCUT2D eigenvalue weighted by Crippen LogP contribution is -2.47. The van der Waals surface area contributed by atoms with Gasteiger partial charge in [-0.05, 0) is 22.9 Å². The minimum Gasteiger partial charge on any atom is -0.481 e. The van der Waals surface area contributed by atoms with Crippen LogP contribution in [-0.4, -0.2) is 46.8 Å². The van der Waals surface area contributed by atoms with E-state index in [-0.39, 0.29) is 24.8 Å². The standard InChI is InChI=1S/C12H14BrN3O5/c1-7-9(16(19)20)5-14-12(11(7)13)15-2-3-21-6-8(15)4-10(17)18/h5,8H,2-4,6H2,1H3,(H,17,18). The van der Waals surface area contributed by atoms with Gasteiger partial charge in [0.2, 0.25) is 0 Å². The van der Waals surface area contributed by atoms with Crippen LogP contribution in [0.25, 0.3) is 0 Å². The van der Waals surface area contributed by atoms with Crippen LogP contribution in [0.4, 0.5) is 11.5 Å². The van der Waals surface area contributed by atoms with E-state index in [1.165, 1.54) is 6.20 Å². The molecule has 0 bridgehead atoms. The highest BCUT2D eigenvalue weighted by Gasteiger charge is 2.29. The SMILES string of the molecule is Cc1c([N+](=O)[O-])cnc(N2CCOCC2CC(=O)O)c1Br. The van der Waals surface area contributed by atoms with Crippen LogP contribution in [0.2, 0.25) is 0 Å². The van der Waals surface area contributed by atoms with Crippen LogP contribution in [0.5, 0.6) is 0 Å². The number of carboxylic acids is 1. The molecule has 0 saturated carbocycles. The fraction of sp³-hybridized carbons (Fsp3) is 0.500. The molecule has 1 fully saturated rings. The molecule has 0 aliphatic carbocycles. The number of aliphatic carboxylic acids is 1. The predicted octanol–water partition coefficient (Wildman–Crippen LogP) is 1.74. The van der Waals surface area contributed by atoms with Crippen LogP contribution in [0.15, 0.2) is 10.7 Å². The summed E-state index contributed by atoms with van der Waals surface area (Å²) in [5, 5.41) is 19.9. The van der Waals surface area contributed by atoms with E-state index in [0.717, 1.165) is 0 Å². The van der Waals surface area contributed by atoms with Crippen molar-refractivity contribution < 1.29 is 19.6 Å². The Morgan fingerprint density at radius 2 is 2.43 bits per heavy atom. The second-order valence-corrected chi connectivity index (χ2v) is 5.48. The second kappa shape index (κ2) is 6.35. The molecule has 2 heterocycles. The van der Waals surface area contributed by atoms with Crippen molar-refractivity contribution in [1.29, 1.82) is 0 Å². The summed E-state index contributed by atoms with van der Waals surface area (Å²) in [4.78, 5) is 27.3. The molecule has 1 unspecified atom stereocenters. The van der Waals surface area contributed by atoms with Crippen molar-refractivity contribution in [2.45, 2.75) is 19.4 Å². The van der Waals surface area contributed by atoms with Crippen molar-refractivity contribution in [1.82, 2.24) is 4.98 Å². The Morgan fingerprint density at radius 3 is 3.05 bits per heavy atom. The molecule has 21 heavy (non-hydrogen) atoms. The summed E-state index contributed by atoms with van der Waals surface area (Å²) in [6.45, 7) is 2.86. The Morgan fingerprint density at radius 1 is 1.71 bits per heavy atom. The minimum absolute atomic E-state index is 0.0753. The Labute approximate surface area is 129 Å². The normalized spacial score (nSPS) is 18.6. The molecular formula is C12H14BrN3O5. The zero-order valence-corrected chi connectivity index (χ0v) is 12.9. The van der Waals surface area contributed by atoms with Crippen LogP contribution >= 0.6 is 15.9 Å². The molecule has 0 radical (unpaired) electrons. The van der Waals surface area contributed by atoms with Gasteiger partial charge in [0, 0.05) is 12.1 Å². The minimum atomic E-state index is -0.926. The monoisotopic (exact) mass is 359 g/mol. The fourth-order valence-electron chi connectivity index (χ4n) is 2.24. The van der Waals surface area contributed by atoms with E-state index in [1.807, 2.05) is 4.90 Å². The summed E-state index contributed by atoms with van der Waals surface area (Å²) in [7, 11) is 0. The summed E-state index contributed by atoms with van der Waals surface area (Å²) in [5.41, 5.74) is 0.388. The van der Waals surface area contributed by atoms with Crippen LogP contribution < -0.4 is 4.90 Å². The average molecular weight is 360 g/mol. The molecule has 1 aromatic heterocycles. The molecular weight excluding hydrogens is 346 g/mol.